The first kappa shape index (κ1) is 20.2. The standard InChI is InChI=1S/C22H17FN4OS2/c1-14-21(30-22(24-14)15-7-9-16(23)10-8-15)18-11-12-20(27-26-18)29-13-19(28)25-17-5-3-2-4-6-17/h2-12H,13H2,1H3,(H,25,28). The highest BCUT2D eigenvalue weighted by atomic mass is 32.2. The van der Waals surface area contributed by atoms with Gasteiger partial charge in [0.15, 0.2) is 0 Å². The average molecular weight is 437 g/mol. The Bertz CT molecular complexity index is 1150. The number of amides is 1. The maximum absolute atomic E-state index is 13.1. The zero-order valence-electron chi connectivity index (χ0n) is 16.0. The van der Waals surface area contributed by atoms with Crippen molar-refractivity contribution in [2.24, 2.45) is 0 Å². The van der Waals surface area contributed by atoms with Gasteiger partial charge in [0, 0.05) is 11.3 Å². The molecule has 1 N–H and O–H groups in total. The van der Waals surface area contributed by atoms with Crippen LogP contribution in [-0.4, -0.2) is 26.8 Å². The van der Waals surface area contributed by atoms with Crippen LogP contribution in [0.3, 0.4) is 0 Å². The van der Waals surface area contributed by atoms with E-state index in [4.69, 9.17) is 0 Å². The molecule has 0 saturated carbocycles. The molecule has 0 bridgehead atoms. The van der Waals surface area contributed by atoms with Crippen molar-refractivity contribution in [3.8, 4) is 21.1 Å². The fraction of sp³-hybridized carbons (Fsp3) is 0.0909. The number of nitrogens with zero attached hydrogens (tertiary/aromatic N) is 3. The van der Waals surface area contributed by atoms with Crippen LogP contribution in [-0.2, 0) is 4.79 Å². The van der Waals surface area contributed by atoms with E-state index in [1.165, 1.54) is 35.2 Å². The number of para-hydroxylation sites is 1. The lowest BCUT2D eigenvalue weighted by molar-refractivity contribution is -0.113. The highest BCUT2D eigenvalue weighted by Crippen LogP contribution is 2.34. The first-order valence-corrected chi connectivity index (χ1v) is 10.9. The molecule has 8 heteroatoms. The van der Waals surface area contributed by atoms with E-state index in [0.717, 1.165) is 32.5 Å². The smallest absolute Gasteiger partial charge is 0.234 e. The minimum atomic E-state index is -0.274. The van der Waals surface area contributed by atoms with Gasteiger partial charge in [-0.2, -0.15) is 0 Å². The van der Waals surface area contributed by atoms with Crippen molar-refractivity contribution in [1.82, 2.24) is 15.2 Å². The minimum Gasteiger partial charge on any atom is -0.325 e. The van der Waals surface area contributed by atoms with E-state index in [1.54, 1.807) is 12.1 Å². The van der Waals surface area contributed by atoms with Crippen molar-refractivity contribution in [3.63, 3.8) is 0 Å². The summed E-state index contributed by atoms with van der Waals surface area (Å²) in [7, 11) is 0. The lowest BCUT2D eigenvalue weighted by Crippen LogP contribution is -2.13. The van der Waals surface area contributed by atoms with Gasteiger partial charge in [0.25, 0.3) is 0 Å². The Morgan fingerprint density at radius 3 is 2.50 bits per heavy atom. The molecule has 0 spiro atoms. The monoisotopic (exact) mass is 436 g/mol. The van der Waals surface area contributed by atoms with Crippen LogP contribution < -0.4 is 5.32 Å². The Kier molecular flexibility index (Phi) is 6.15. The molecule has 0 fully saturated rings. The summed E-state index contributed by atoms with van der Waals surface area (Å²) in [6.07, 6.45) is 0. The number of thiazole rings is 1. The highest BCUT2D eigenvalue weighted by Gasteiger charge is 2.13. The van der Waals surface area contributed by atoms with Crippen LogP contribution in [0.5, 0.6) is 0 Å². The van der Waals surface area contributed by atoms with Gasteiger partial charge in [0.05, 0.1) is 16.3 Å². The summed E-state index contributed by atoms with van der Waals surface area (Å²) in [6.45, 7) is 1.91. The number of nitrogens with one attached hydrogen (secondary N) is 1. The van der Waals surface area contributed by atoms with Gasteiger partial charge in [-0.05, 0) is 55.5 Å². The van der Waals surface area contributed by atoms with Gasteiger partial charge in [-0.15, -0.1) is 21.5 Å². The molecule has 2 heterocycles. The van der Waals surface area contributed by atoms with Crippen molar-refractivity contribution < 1.29 is 9.18 Å². The van der Waals surface area contributed by atoms with Crippen LogP contribution in [0.25, 0.3) is 21.1 Å². The first-order chi connectivity index (χ1) is 14.6. The summed E-state index contributed by atoms with van der Waals surface area (Å²) >= 11 is 2.82. The fourth-order valence-corrected chi connectivity index (χ4v) is 4.38. The molecule has 0 aliphatic heterocycles. The summed E-state index contributed by atoms with van der Waals surface area (Å²) in [6, 6.07) is 19.3. The first-order valence-electron chi connectivity index (χ1n) is 9.13. The number of benzene rings is 2. The van der Waals surface area contributed by atoms with Crippen LogP contribution in [0.1, 0.15) is 5.69 Å². The maximum Gasteiger partial charge on any atom is 0.234 e. The van der Waals surface area contributed by atoms with E-state index in [-0.39, 0.29) is 17.5 Å². The average Bonchev–Trinajstić information content (AvgIpc) is 3.15. The number of aromatic nitrogens is 3. The normalized spacial score (nSPS) is 10.7. The Hall–Kier alpha value is -3.10. The van der Waals surface area contributed by atoms with Crippen LogP contribution in [0, 0.1) is 12.7 Å². The number of carbonyl (C=O) groups excluding carboxylic acids is 1. The lowest BCUT2D eigenvalue weighted by atomic mass is 10.2. The zero-order valence-corrected chi connectivity index (χ0v) is 17.6. The molecule has 0 atom stereocenters. The molecule has 0 unspecified atom stereocenters. The van der Waals surface area contributed by atoms with E-state index in [0.29, 0.717) is 5.03 Å². The minimum absolute atomic E-state index is 0.0979. The largest absolute Gasteiger partial charge is 0.325 e. The van der Waals surface area contributed by atoms with Gasteiger partial charge in [-0.1, -0.05) is 30.0 Å². The van der Waals surface area contributed by atoms with Crippen molar-refractivity contribution in [2.75, 3.05) is 11.1 Å². The second-order valence-electron chi connectivity index (χ2n) is 6.40. The van der Waals surface area contributed by atoms with Crippen LogP contribution in [0.4, 0.5) is 10.1 Å². The van der Waals surface area contributed by atoms with Gasteiger partial charge in [0.2, 0.25) is 5.91 Å². The van der Waals surface area contributed by atoms with E-state index < -0.39 is 0 Å². The second-order valence-corrected chi connectivity index (χ2v) is 8.39. The second kappa shape index (κ2) is 9.15. The highest BCUT2D eigenvalue weighted by molar-refractivity contribution is 7.99. The Morgan fingerprint density at radius 2 is 1.80 bits per heavy atom. The SMILES string of the molecule is Cc1nc(-c2ccc(F)cc2)sc1-c1ccc(SCC(=O)Nc2ccccc2)nn1. The maximum atomic E-state index is 13.1. The van der Waals surface area contributed by atoms with Gasteiger partial charge < -0.3 is 5.32 Å². The molecule has 0 aliphatic carbocycles. The summed E-state index contributed by atoms with van der Waals surface area (Å²) in [4.78, 5) is 17.6. The number of carbonyl (C=O) groups is 1. The number of halogens is 1. The number of aryl methyl sites for hydroxylation is 1. The molecule has 0 aliphatic rings. The summed E-state index contributed by atoms with van der Waals surface area (Å²) in [5, 5.41) is 12.8. The molecule has 2 aromatic heterocycles. The van der Waals surface area contributed by atoms with Crippen molar-refractivity contribution in [2.45, 2.75) is 11.9 Å². The number of anilines is 1. The molecule has 30 heavy (non-hydrogen) atoms. The number of hydrogen-bond donors (Lipinski definition) is 1. The van der Waals surface area contributed by atoms with E-state index >= 15 is 0 Å². The molecule has 4 rings (SSSR count). The van der Waals surface area contributed by atoms with E-state index in [9.17, 15) is 9.18 Å². The summed E-state index contributed by atoms with van der Waals surface area (Å²) in [5.74, 6) is -0.125. The third-order valence-corrected chi connectivity index (χ3v) is 6.32. The number of hydrogen-bond acceptors (Lipinski definition) is 6. The van der Waals surface area contributed by atoms with Crippen molar-refractivity contribution in [1.29, 1.82) is 0 Å². The molecule has 0 radical (unpaired) electrons. The van der Waals surface area contributed by atoms with Crippen molar-refractivity contribution >= 4 is 34.7 Å². The lowest BCUT2D eigenvalue weighted by Gasteiger charge is -2.04. The fourth-order valence-electron chi connectivity index (χ4n) is 2.73. The summed E-state index contributed by atoms with van der Waals surface area (Å²) < 4.78 is 13.1. The third-order valence-electron chi connectivity index (χ3n) is 4.17. The quantitative estimate of drug-likeness (QED) is 0.407. The number of thioether (sulfide) groups is 1. The van der Waals surface area contributed by atoms with Crippen LogP contribution in [0.2, 0.25) is 0 Å². The number of rotatable bonds is 6. The molecular weight excluding hydrogens is 419 g/mol. The van der Waals surface area contributed by atoms with Crippen molar-refractivity contribution in [3.05, 3.63) is 78.2 Å². The molecule has 0 saturated heterocycles. The van der Waals surface area contributed by atoms with Crippen LogP contribution >= 0.6 is 23.1 Å². The van der Waals surface area contributed by atoms with Crippen LogP contribution in [0.15, 0.2) is 71.8 Å². The molecule has 2 aromatic carbocycles. The Morgan fingerprint density at radius 1 is 1.03 bits per heavy atom. The summed E-state index contributed by atoms with van der Waals surface area (Å²) in [5.41, 5.74) is 3.19. The predicted octanol–water partition coefficient (Wildman–Crippen LogP) is 5.45. The van der Waals surface area contributed by atoms with Gasteiger partial charge in [-0.3, -0.25) is 4.79 Å². The molecular formula is C22H17FN4OS2. The topological polar surface area (TPSA) is 67.8 Å². The van der Waals surface area contributed by atoms with Gasteiger partial charge >= 0.3 is 0 Å². The van der Waals surface area contributed by atoms with E-state index in [2.05, 4.69) is 20.5 Å². The Balaban J connectivity index is 1.41. The Labute approximate surface area is 181 Å². The van der Waals surface area contributed by atoms with E-state index in [1.807, 2.05) is 49.4 Å². The predicted molar refractivity (Wildman–Crippen MR) is 119 cm³/mol. The zero-order chi connectivity index (χ0) is 20.9. The molecule has 4 aromatic rings. The van der Waals surface area contributed by atoms with Gasteiger partial charge in [0.1, 0.15) is 21.5 Å². The third kappa shape index (κ3) is 4.90. The molecule has 1 amide bonds. The molecule has 5 nitrogen and oxygen atoms in total. The molecule has 150 valence electrons. The van der Waals surface area contributed by atoms with Gasteiger partial charge in [-0.25, -0.2) is 9.37 Å².